The smallest absolute Gasteiger partial charge is 0.407 e. The van der Waals surface area contributed by atoms with Crippen LogP contribution in [-0.4, -0.2) is 170 Å². The van der Waals surface area contributed by atoms with Gasteiger partial charge in [-0.1, -0.05) is 120 Å². The number of carbonyl (C=O) groups is 7. The van der Waals surface area contributed by atoms with E-state index in [-0.39, 0.29) is 44.1 Å². The first-order valence-corrected chi connectivity index (χ1v) is 27.9. The average molecular weight is 1180 g/mol. The van der Waals surface area contributed by atoms with Crippen LogP contribution in [0, 0.1) is 17.8 Å². The number of alkyl carbamates (subject to hydrolysis) is 2. The molecule has 3 aromatic carbocycles. The van der Waals surface area contributed by atoms with Crippen LogP contribution in [0.2, 0.25) is 0 Å². The number of aliphatic hydroxyl groups is 1. The van der Waals surface area contributed by atoms with Gasteiger partial charge in [-0.25, -0.2) is 29.2 Å². The van der Waals surface area contributed by atoms with Crippen LogP contribution in [0.4, 0.5) is 9.59 Å². The summed E-state index contributed by atoms with van der Waals surface area (Å²) in [6.07, 6.45) is 3.71. The van der Waals surface area contributed by atoms with Gasteiger partial charge in [0.25, 0.3) is 23.5 Å². The molecule has 8 rings (SSSR count). The van der Waals surface area contributed by atoms with Crippen LogP contribution in [0.5, 0.6) is 5.75 Å². The van der Waals surface area contributed by atoms with Crippen molar-refractivity contribution in [1.82, 2.24) is 65.9 Å². The number of carbonyl (C=O) groups excluding carboxylic acids is 7. The lowest BCUT2D eigenvalue weighted by molar-refractivity contribution is -0.132. The summed E-state index contributed by atoms with van der Waals surface area (Å²) in [4.78, 5) is 110. The third kappa shape index (κ3) is 16.6. The molecule has 0 radical (unpaired) electrons. The maximum absolute atomic E-state index is 13.8. The molecule has 5 heterocycles. The Morgan fingerprint density at radius 1 is 0.698 bits per heavy atom. The van der Waals surface area contributed by atoms with E-state index in [1.54, 1.807) is 55.9 Å². The first-order chi connectivity index (χ1) is 41.0. The fourth-order valence-electron chi connectivity index (χ4n) is 9.57. The van der Waals surface area contributed by atoms with E-state index in [1.807, 2.05) is 112 Å². The predicted octanol–water partition coefficient (Wildman–Crippen LogP) is 5.84. The van der Waals surface area contributed by atoms with Crippen molar-refractivity contribution < 1.29 is 52.9 Å². The highest BCUT2D eigenvalue weighted by atomic mass is 16.5. The number of Topliss-reactive ketones (excluding diaryl/α,β-unsaturated/α-hetero) is 1. The number of H-pyrrole nitrogens is 1. The highest BCUT2D eigenvalue weighted by molar-refractivity contribution is 6.45. The molecule has 0 saturated carbocycles. The van der Waals surface area contributed by atoms with E-state index in [0.717, 1.165) is 22.4 Å². The molecule has 0 bridgehead atoms. The molecule has 0 spiro atoms. The first kappa shape index (κ1) is 64.0. The highest BCUT2D eigenvalue weighted by Crippen LogP contribution is 2.32. The maximum atomic E-state index is 13.8. The monoisotopic (exact) mass is 1180 g/mol. The van der Waals surface area contributed by atoms with Gasteiger partial charge in [-0.15, -0.1) is 0 Å². The molecule has 6 N–H and O–H groups in total. The molecule has 0 unspecified atom stereocenters. The zero-order valence-corrected chi connectivity index (χ0v) is 50.0. The molecule has 454 valence electrons. The quantitative estimate of drug-likeness (QED) is 0.0315. The molecule has 1 saturated heterocycles. The number of ketones is 1. The number of rotatable bonds is 19. The van der Waals surface area contributed by atoms with E-state index in [0.29, 0.717) is 46.9 Å². The third-order valence-corrected chi connectivity index (χ3v) is 14.2. The zero-order chi connectivity index (χ0) is 62.3. The number of methoxy groups -OCH3 is 3. The van der Waals surface area contributed by atoms with Gasteiger partial charge in [-0.05, 0) is 59.6 Å². The van der Waals surface area contributed by atoms with E-state index in [2.05, 4.69) is 46.4 Å². The molecule has 0 aliphatic carbocycles. The summed E-state index contributed by atoms with van der Waals surface area (Å²) < 4.78 is 16.5. The van der Waals surface area contributed by atoms with Gasteiger partial charge in [-0.3, -0.25) is 34.4 Å². The number of hydrogen-bond acceptors (Lipinski definition) is 16. The number of aromatic nitrogens is 6. The second-order valence-electron chi connectivity index (χ2n) is 22.6. The number of nitrogens with one attached hydrogen (secondary N) is 5. The molecule has 1 aliphatic heterocycles. The minimum atomic E-state index is -1.22. The molecule has 4 aromatic heterocycles. The molecule has 24 nitrogen and oxygen atoms in total. The van der Waals surface area contributed by atoms with Crippen LogP contribution in [0.15, 0.2) is 128 Å². The van der Waals surface area contributed by atoms with Crippen molar-refractivity contribution in [3.05, 3.63) is 156 Å². The Bertz CT molecular complexity index is 3450. The summed E-state index contributed by atoms with van der Waals surface area (Å²) in [6.45, 7) is 13.9. The normalized spacial score (nSPS) is 13.9. The molecular formula is C62H75N13O11. The van der Waals surface area contributed by atoms with Crippen LogP contribution in [0.3, 0.4) is 0 Å². The predicted molar refractivity (Wildman–Crippen MR) is 319 cm³/mol. The topological polar surface area (TPSA) is 298 Å². The van der Waals surface area contributed by atoms with Crippen molar-refractivity contribution >= 4 is 52.5 Å². The minimum Gasteiger partial charge on any atom is -0.494 e. The summed E-state index contributed by atoms with van der Waals surface area (Å²) in [5.74, 6) is -1.06. The number of aromatic amines is 1. The van der Waals surface area contributed by atoms with Crippen molar-refractivity contribution in [1.29, 1.82) is 0 Å². The van der Waals surface area contributed by atoms with Crippen molar-refractivity contribution in [2.75, 3.05) is 54.1 Å². The fourth-order valence-corrected chi connectivity index (χ4v) is 9.57. The molecule has 7 aromatic rings. The number of aryl methyl sites for hydroxylation is 1. The number of ether oxygens (including phenoxy) is 3. The number of aliphatic hydroxyl groups excluding tert-OH is 1. The number of amides is 6. The molecular weight excluding hydrogens is 1100 g/mol. The number of nitrogens with zero attached hydrogens (tertiary/aromatic N) is 8. The molecule has 1 fully saturated rings. The summed E-state index contributed by atoms with van der Waals surface area (Å²) in [5.41, 5.74) is 6.16. The minimum absolute atomic E-state index is 0.0891. The van der Waals surface area contributed by atoms with Gasteiger partial charge < -0.3 is 50.1 Å². The number of hydrogen-bond donors (Lipinski definition) is 6. The van der Waals surface area contributed by atoms with Gasteiger partial charge in [0.05, 0.1) is 61.8 Å². The molecule has 6 amide bonds. The summed E-state index contributed by atoms with van der Waals surface area (Å²) in [7, 11) is 3.91. The number of fused-ring (bicyclic) bond motifs is 1. The lowest BCUT2D eigenvalue weighted by atomic mass is 9.85. The van der Waals surface area contributed by atoms with E-state index in [9.17, 15) is 38.7 Å². The van der Waals surface area contributed by atoms with Gasteiger partial charge in [0.2, 0.25) is 5.91 Å². The SMILES string of the molecule is COC(=O)N[C@H](C(=O)N[C@@H](Cc1ccccc1)[C@@H](O)CN(Cc1ccc(-c2ccccn2)cc1)NC(=O)[C@@H](NC(=O)OC)C(C)(C)C)C(C)(C)C.COc1cnc(-n2cnc(C)n2)c2[nH]cc(C(=O)C(=O)N3CCN(C(=O)c4ccccc4)CC3)c12. The number of pyridine rings is 2. The number of piperazine rings is 1. The van der Waals surface area contributed by atoms with E-state index < -0.39 is 70.8 Å². The lowest BCUT2D eigenvalue weighted by Gasteiger charge is -2.35. The van der Waals surface area contributed by atoms with Gasteiger partial charge >= 0.3 is 12.2 Å². The van der Waals surface area contributed by atoms with Gasteiger partial charge in [0.15, 0.2) is 5.82 Å². The Morgan fingerprint density at radius 2 is 1.29 bits per heavy atom. The van der Waals surface area contributed by atoms with Gasteiger partial charge in [0.1, 0.15) is 30.0 Å². The fraction of sp³-hybridized carbons (Fsp3) is 0.371. The van der Waals surface area contributed by atoms with Crippen LogP contribution in [0.1, 0.15) is 79.2 Å². The van der Waals surface area contributed by atoms with Crippen molar-refractivity contribution in [2.45, 2.75) is 85.7 Å². The molecule has 24 heteroatoms. The first-order valence-electron chi connectivity index (χ1n) is 27.9. The largest absolute Gasteiger partial charge is 0.494 e. The van der Waals surface area contributed by atoms with Crippen molar-refractivity contribution in [3.63, 3.8) is 0 Å². The number of benzene rings is 3. The Kier molecular flexibility index (Phi) is 21.5. The standard InChI is InChI=1S/C38H52N6O7.C24H23N7O4/c1-37(2,3)31(41-35(48)50-7)33(46)40-29(22-25-14-10-9-11-15-25)30(45)24-44(43-34(47)32(38(4,5)6)42-36(49)51-8)23-26-17-19-27(20-18-26)28-16-12-13-21-39-28;1-15-27-14-31(28-15)22-20-19(18(35-2)13-26-22)17(12-25-20)21(32)24(34)30-10-8-29(9-11-30)23(33)16-6-4-3-5-7-16/h9-21,29-32,45H,22-24H2,1-8H3,(H,40,46)(H,41,48)(H,42,49)(H,43,47);3-7,12-14,25H,8-11H2,1-2H3/t29-,30-,31+,32+;/m0./s1. The second-order valence-corrected chi connectivity index (χ2v) is 22.6. The van der Waals surface area contributed by atoms with Gasteiger partial charge in [0, 0.05) is 62.8 Å². The highest BCUT2D eigenvalue weighted by Gasteiger charge is 2.38. The third-order valence-electron chi connectivity index (χ3n) is 14.2. The molecule has 86 heavy (non-hydrogen) atoms. The maximum Gasteiger partial charge on any atom is 0.407 e. The van der Waals surface area contributed by atoms with Crippen LogP contribution < -0.4 is 26.1 Å². The van der Waals surface area contributed by atoms with Crippen LogP contribution in [0.25, 0.3) is 28.0 Å². The molecule has 1 aliphatic rings. The Labute approximate surface area is 499 Å². The summed E-state index contributed by atoms with van der Waals surface area (Å²) >= 11 is 0. The Balaban J connectivity index is 0.000000262. The van der Waals surface area contributed by atoms with Crippen molar-refractivity contribution in [2.24, 2.45) is 10.8 Å². The lowest BCUT2D eigenvalue weighted by Crippen LogP contribution is -2.60. The zero-order valence-electron chi connectivity index (χ0n) is 50.0. The second kappa shape index (κ2) is 28.8. The Hall–Kier alpha value is -9.55. The van der Waals surface area contributed by atoms with E-state index in [1.165, 1.54) is 49.6 Å². The summed E-state index contributed by atoms with van der Waals surface area (Å²) in [6, 6.07) is 28.8. The van der Waals surface area contributed by atoms with Crippen molar-refractivity contribution in [3.8, 4) is 22.8 Å². The van der Waals surface area contributed by atoms with Crippen LogP contribution in [-0.2, 0) is 36.8 Å². The average Bonchev–Trinajstić information content (AvgIpc) is 2.08. The number of hydrazine groups is 1. The van der Waals surface area contributed by atoms with Gasteiger partial charge in [-0.2, -0.15) is 5.10 Å². The van der Waals surface area contributed by atoms with E-state index in [4.69, 9.17) is 14.2 Å². The molecule has 4 atom stereocenters. The van der Waals surface area contributed by atoms with Crippen LogP contribution >= 0.6 is 0 Å². The van der Waals surface area contributed by atoms with E-state index >= 15 is 0 Å². The summed E-state index contributed by atoms with van der Waals surface area (Å²) in [5, 5.41) is 26.3. The Morgan fingerprint density at radius 3 is 1.85 bits per heavy atom.